The molecule has 1 amide bonds. The van der Waals surface area contributed by atoms with Gasteiger partial charge in [-0.1, -0.05) is 78.9 Å². The average molecular weight is 370 g/mol. The Labute approximate surface area is 167 Å². The second kappa shape index (κ2) is 8.85. The molecule has 2 atom stereocenters. The molecule has 1 heterocycles. The number of hydrogen-bond donors (Lipinski definition) is 1. The van der Waals surface area contributed by atoms with Crippen LogP contribution in [0.5, 0.6) is 0 Å². The molecule has 3 heteroatoms. The molecule has 0 bridgehead atoms. The van der Waals surface area contributed by atoms with Crippen molar-refractivity contribution in [1.29, 1.82) is 0 Å². The third-order valence-corrected chi connectivity index (χ3v) is 5.48. The highest BCUT2D eigenvalue weighted by Gasteiger charge is 2.37. The lowest BCUT2D eigenvalue weighted by Crippen LogP contribution is -2.30. The van der Waals surface area contributed by atoms with E-state index in [2.05, 4.69) is 58.7 Å². The van der Waals surface area contributed by atoms with E-state index < -0.39 is 0 Å². The van der Waals surface area contributed by atoms with Crippen molar-refractivity contribution in [3.63, 3.8) is 0 Å². The van der Waals surface area contributed by atoms with Crippen LogP contribution in [0.3, 0.4) is 0 Å². The molecule has 28 heavy (non-hydrogen) atoms. The van der Waals surface area contributed by atoms with Crippen molar-refractivity contribution in [3.8, 4) is 0 Å². The molecular weight excluding hydrogens is 344 g/mol. The van der Waals surface area contributed by atoms with Crippen LogP contribution in [0.2, 0.25) is 0 Å². The molecule has 0 saturated carbocycles. The Morgan fingerprint density at radius 3 is 2.00 bits per heavy atom. The van der Waals surface area contributed by atoms with Gasteiger partial charge in [-0.2, -0.15) is 0 Å². The zero-order valence-electron chi connectivity index (χ0n) is 16.0. The predicted molar refractivity (Wildman–Crippen MR) is 114 cm³/mol. The minimum absolute atomic E-state index is 0.0101. The van der Waals surface area contributed by atoms with Gasteiger partial charge >= 0.3 is 0 Å². The van der Waals surface area contributed by atoms with Gasteiger partial charge < -0.3 is 5.32 Å². The van der Waals surface area contributed by atoms with E-state index in [0.29, 0.717) is 5.92 Å². The number of benzene rings is 3. The first-order chi connectivity index (χ1) is 13.8. The number of rotatable bonds is 6. The van der Waals surface area contributed by atoms with Crippen LogP contribution < -0.4 is 5.32 Å². The lowest BCUT2D eigenvalue weighted by Gasteiger charge is -2.18. The van der Waals surface area contributed by atoms with Crippen molar-refractivity contribution < 1.29 is 4.79 Å². The van der Waals surface area contributed by atoms with Crippen LogP contribution in [0.15, 0.2) is 91.0 Å². The number of nitrogens with one attached hydrogen (secondary N) is 1. The maximum absolute atomic E-state index is 13.1. The normalized spacial score (nSPS) is 19.4. The monoisotopic (exact) mass is 370 g/mol. The van der Waals surface area contributed by atoms with Crippen molar-refractivity contribution in [2.45, 2.75) is 13.0 Å². The van der Waals surface area contributed by atoms with Crippen molar-refractivity contribution >= 4 is 11.6 Å². The van der Waals surface area contributed by atoms with Crippen LogP contribution in [0.4, 0.5) is 5.69 Å². The lowest BCUT2D eigenvalue weighted by atomic mass is 9.89. The second-order valence-corrected chi connectivity index (χ2v) is 7.59. The molecule has 0 aliphatic carbocycles. The second-order valence-electron chi connectivity index (χ2n) is 7.59. The average Bonchev–Trinajstić information content (AvgIpc) is 3.12. The van der Waals surface area contributed by atoms with E-state index in [1.54, 1.807) is 0 Å². The Morgan fingerprint density at radius 1 is 0.786 bits per heavy atom. The number of carbonyl (C=O) groups is 1. The summed E-state index contributed by atoms with van der Waals surface area (Å²) in [4.78, 5) is 15.5. The Morgan fingerprint density at radius 2 is 1.36 bits per heavy atom. The molecule has 1 aliphatic heterocycles. The number of amides is 1. The summed E-state index contributed by atoms with van der Waals surface area (Å²) in [6, 6.07) is 30.8. The highest BCUT2D eigenvalue weighted by molar-refractivity contribution is 5.93. The molecule has 1 fully saturated rings. The molecule has 4 rings (SSSR count). The lowest BCUT2D eigenvalue weighted by molar-refractivity contribution is -0.120. The van der Waals surface area contributed by atoms with E-state index in [1.807, 2.05) is 42.5 Å². The maximum atomic E-state index is 13.1. The minimum atomic E-state index is -0.0101. The van der Waals surface area contributed by atoms with E-state index in [0.717, 1.165) is 31.7 Å². The zero-order chi connectivity index (χ0) is 19.2. The van der Waals surface area contributed by atoms with E-state index in [-0.39, 0.29) is 11.8 Å². The van der Waals surface area contributed by atoms with Gasteiger partial charge in [0.1, 0.15) is 0 Å². The summed E-state index contributed by atoms with van der Waals surface area (Å²) in [5.41, 5.74) is 3.46. The van der Waals surface area contributed by atoms with Crippen LogP contribution in [-0.2, 0) is 17.8 Å². The first-order valence-electron chi connectivity index (χ1n) is 9.94. The van der Waals surface area contributed by atoms with Crippen LogP contribution in [0, 0.1) is 11.8 Å². The summed E-state index contributed by atoms with van der Waals surface area (Å²) < 4.78 is 0. The summed E-state index contributed by atoms with van der Waals surface area (Å²) >= 11 is 0. The number of para-hydroxylation sites is 1. The van der Waals surface area contributed by atoms with Crippen molar-refractivity contribution in [2.75, 3.05) is 18.4 Å². The quantitative estimate of drug-likeness (QED) is 0.687. The van der Waals surface area contributed by atoms with E-state index in [9.17, 15) is 4.79 Å². The summed E-state index contributed by atoms with van der Waals surface area (Å²) in [6.07, 6.45) is 0.930. The number of carbonyl (C=O) groups excluding carboxylic acids is 1. The SMILES string of the molecule is O=C(Nc1ccccc1)[C@H]1CN(Cc2ccccc2)C[C@@H]1Cc1ccccc1. The molecular formula is C25H26N2O. The van der Waals surface area contributed by atoms with E-state index >= 15 is 0 Å². The van der Waals surface area contributed by atoms with Gasteiger partial charge in [-0.15, -0.1) is 0 Å². The minimum Gasteiger partial charge on any atom is -0.326 e. The van der Waals surface area contributed by atoms with Gasteiger partial charge in [0.25, 0.3) is 0 Å². The van der Waals surface area contributed by atoms with Crippen molar-refractivity contribution in [1.82, 2.24) is 4.90 Å². The maximum Gasteiger partial charge on any atom is 0.229 e. The number of anilines is 1. The van der Waals surface area contributed by atoms with Gasteiger partial charge in [0.05, 0.1) is 5.92 Å². The molecule has 3 aromatic rings. The first kappa shape index (κ1) is 18.5. The van der Waals surface area contributed by atoms with Crippen LogP contribution in [-0.4, -0.2) is 23.9 Å². The molecule has 1 N–H and O–H groups in total. The Kier molecular flexibility index (Phi) is 5.83. The number of hydrogen-bond acceptors (Lipinski definition) is 2. The molecule has 1 saturated heterocycles. The highest BCUT2D eigenvalue weighted by Crippen LogP contribution is 2.29. The molecule has 0 aromatic heterocycles. The third-order valence-electron chi connectivity index (χ3n) is 5.48. The molecule has 1 aliphatic rings. The van der Waals surface area contributed by atoms with Crippen molar-refractivity contribution in [2.24, 2.45) is 11.8 Å². The molecule has 142 valence electrons. The highest BCUT2D eigenvalue weighted by atomic mass is 16.2. The standard InChI is InChI=1S/C25H26N2O/c28-25(26-23-14-8-3-9-15-23)24-19-27(17-21-12-6-2-7-13-21)18-22(24)16-20-10-4-1-5-11-20/h1-15,22,24H,16-19H2,(H,26,28)/t22-,24-/m0/s1. The number of likely N-dealkylation sites (tertiary alicyclic amines) is 1. The van der Waals surface area contributed by atoms with Crippen LogP contribution >= 0.6 is 0 Å². The Balaban J connectivity index is 1.49. The fourth-order valence-electron chi connectivity index (χ4n) is 4.11. The van der Waals surface area contributed by atoms with Gasteiger partial charge in [-0.3, -0.25) is 9.69 Å². The summed E-state index contributed by atoms with van der Waals surface area (Å²) in [5, 5.41) is 3.12. The Hall–Kier alpha value is -2.91. The van der Waals surface area contributed by atoms with Crippen LogP contribution in [0.1, 0.15) is 11.1 Å². The van der Waals surface area contributed by atoms with Gasteiger partial charge in [0.15, 0.2) is 0 Å². The number of nitrogens with zero attached hydrogens (tertiary/aromatic N) is 1. The fourth-order valence-corrected chi connectivity index (χ4v) is 4.11. The first-order valence-corrected chi connectivity index (χ1v) is 9.94. The topological polar surface area (TPSA) is 32.3 Å². The molecule has 3 aromatic carbocycles. The fraction of sp³-hybridized carbons (Fsp3) is 0.240. The largest absolute Gasteiger partial charge is 0.326 e. The van der Waals surface area contributed by atoms with Crippen molar-refractivity contribution in [3.05, 3.63) is 102 Å². The third kappa shape index (κ3) is 4.68. The van der Waals surface area contributed by atoms with Gasteiger partial charge in [0.2, 0.25) is 5.91 Å². The molecule has 3 nitrogen and oxygen atoms in total. The predicted octanol–water partition coefficient (Wildman–Crippen LogP) is 4.62. The van der Waals surface area contributed by atoms with E-state index in [1.165, 1.54) is 11.1 Å². The van der Waals surface area contributed by atoms with Gasteiger partial charge in [0, 0.05) is 25.3 Å². The van der Waals surface area contributed by atoms with Gasteiger partial charge in [-0.25, -0.2) is 0 Å². The zero-order valence-corrected chi connectivity index (χ0v) is 16.0. The summed E-state index contributed by atoms with van der Waals surface area (Å²) in [6.45, 7) is 2.63. The van der Waals surface area contributed by atoms with Gasteiger partial charge in [-0.05, 0) is 35.6 Å². The molecule has 0 radical (unpaired) electrons. The Bertz CT molecular complexity index is 880. The molecule has 0 unspecified atom stereocenters. The van der Waals surface area contributed by atoms with Crippen LogP contribution in [0.25, 0.3) is 0 Å². The smallest absolute Gasteiger partial charge is 0.229 e. The molecule has 0 spiro atoms. The summed E-state index contributed by atoms with van der Waals surface area (Å²) in [7, 11) is 0. The summed E-state index contributed by atoms with van der Waals surface area (Å²) in [5.74, 6) is 0.432. The van der Waals surface area contributed by atoms with E-state index in [4.69, 9.17) is 0 Å².